The summed E-state index contributed by atoms with van der Waals surface area (Å²) < 4.78 is 4.72. The lowest BCUT2D eigenvalue weighted by molar-refractivity contribution is 0.956. The maximum atomic E-state index is 5.36. The first-order valence-electron chi connectivity index (χ1n) is 16.9. The standard InChI is InChI=1S/C45H27N5/c1-2-15-29(16-3-1)43-46-44(35-24-12-17-28-14-4-5-18-30(28)35)48-45(47-43)50-39-27-13-23-34-32-20-7-6-19-31(32)33-21-8-10-25-37(33)49-38-26-11-9-22-36(38)41(50)42(49)40(34)39/h1-27H. The lowest BCUT2D eigenvalue weighted by Crippen LogP contribution is -2.06. The third kappa shape index (κ3) is 3.74. The maximum absolute atomic E-state index is 5.36. The Hall–Kier alpha value is -6.85. The second-order valence-corrected chi connectivity index (χ2v) is 12.8. The van der Waals surface area contributed by atoms with E-state index < -0.39 is 0 Å². The molecule has 0 aliphatic carbocycles. The van der Waals surface area contributed by atoms with Gasteiger partial charge in [0.1, 0.15) is 0 Å². The molecule has 0 radical (unpaired) electrons. The molecule has 7 aromatic carbocycles. The number of rotatable bonds is 3. The molecule has 11 rings (SSSR count). The number of aromatic nitrogens is 5. The average Bonchev–Trinajstić information content (AvgIpc) is 3.70. The van der Waals surface area contributed by atoms with E-state index in [0.717, 1.165) is 54.9 Å². The largest absolute Gasteiger partial charge is 0.306 e. The lowest BCUT2D eigenvalue weighted by atomic mass is 10.0. The number of benzene rings is 7. The van der Waals surface area contributed by atoms with Crippen LogP contribution in [0.3, 0.4) is 0 Å². The fraction of sp³-hybridized carbons (Fsp3) is 0. The van der Waals surface area contributed by atoms with Crippen molar-refractivity contribution >= 4 is 70.7 Å². The Bertz CT molecular complexity index is 3150. The van der Waals surface area contributed by atoms with Gasteiger partial charge in [-0.3, -0.25) is 4.57 Å². The smallest absolute Gasteiger partial charge is 0.238 e. The molecule has 232 valence electrons. The summed E-state index contributed by atoms with van der Waals surface area (Å²) in [5.41, 5.74) is 7.47. The van der Waals surface area contributed by atoms with Crippen molar-refractivity contribution in [3.05, 3.63) is 164 Å². The van der Waals surface area contributed by atoms with Crippen molar-refractivity contribution in [3.63, 3.8) is 0 Å². The summed E-state index contributed by atoms with van der Waals surface area (Å²) in [5.74, 6) is 1.86. The molecule has 0 aliphatic heterocycles. The average molecular weight is 638 g/mol. The molecular weight excluding hydrogens is 611 g/mol. The Labute approximate surface area is 286 Å². The molecule has 0 spiro atoms. The van der Waals surface area contributed by atoms with Crippen molar-refractivity contribution in [2.24, 2.45) is 0 Å². The summed E-state index contributed by atoms with van der Waals surface area (Å²) in [7, 11) is 0. The maximum Gasteiger partial charge on any atom is 0.238 e. The van der Waals surface area contributed by atoms with Gasteiger partial charge in [-0.2, -0.15) is 9.97 Å². The van der Waals surface area contributed by atoms with Crippen LogP contribution < -0.4 is 0 Å². The van der Waals surface area contributed by atoms with Gasteiger partial charge in [-0.05, 0) is 45.1 Å². The first-order chi connectivity index (χ1) is 24.8. The molecule has 4 aromatic heterocycles. The van der Waals surface area contributed by atoms with E-state index in [1.165, 1.54) is 26.9 Å². The first kappa shape index (κ1) is 27.1. The molecule has 0 bridgehead atoms. The molecule has 50 heavy (non-hydrogen) atoms. The van der Waals surface area contributed by atoms with Gasteiger partial charge in [-0.1, -0.05) is 146 Å². The summed E-state index contributed by atoms with van der Waals surface area (Å²) in [5, 5.41) is 9.37. The molecule has 0 N–H and O–H groups in total. The Kier molecular flexibility index (Phi) is 5.60. The van der Waals surface area contributed by atoms with Gasteiger partial charge in [0.2, 0.25) is 5.95 Å². The molecule has 0 saturated heterocycles. The zero-order valence-corrected chi connectivity index (χ0v) is 26.8. The molecule has 5 heteroatoms. The van der Waals surface area contributed by atoms with Gasteiger partial charge in [-0.25, -0.2) is 4.98 Å². The molecule has 0 saturated carbocycles. The fourth-order valence-electron chi connectivity index (χ4n) is 8.03. The molecule has 0 amide bonds. The van der Waals surface area contributed by atoms with E-state index in [4.69, 9.17) is 15.0 Å². The minimum absolute atomic E-state index is 0.586. The first-order valence-corrected chi connectivity index (χ1v) is 16.9. The molecule has 0 unspecified atom stereocenters. The summed E-state index contributed by atoms with van der Waals surface area (Å²) in [6, 6.07) is 57.8. The van der Waals surface area contributed by atoms with Crippen molar-refractivity contribution in [1.29, 1.82) is 0 Å². The molecule has 0 atom stereocenters. The minimum atomic E-state index is 0.586. The van der Waals surface area contributed by atoms with Crippen LogP contribution in [-0.4, -0.2) is 23.9 Å². The molecule has 5 nitrogen and oxygen atoms in total. The Morgan fingerprint density at radius 2 is 0.920 bits per heavy atom. The van der Waals surface area contributed by atoms with Gasteiger partial charge in [0, 0.05) is 27.3 Å². The van der Waals surface area contributed by atoms with E-state index in [-0.39, 0.29) is 0 Å². The van der Waals surface area contributed by atoms with E-state index >= 15 is 0 Å². The normalized spacial score (nSPS) is 12.0. The van der Waals surface area contributed by atoms with Crippen LogP contribution in [0.15, 0.2) is 164 Å². The molecule has 11 aromatic rings. The van der Waals surface area contributed by atoms with Crippen molar-refractivity contribution in [2.45, 2.75) is 0 Å². The summed E-state index contributed by atoms with van der Waals surface area (Å²) in [6.07, 6.45) is 0. The predicted molar refractivity (Wildman–Crippen MR) is 206 cm³/mol. The number of hydrogen-bond donors (Lipinski definition) is 0. The Morgan fingerprint density at radius 1 is 0.360 bits per heavy atom. The van der Waals surface area contributed by atoms with E-state index in [0.29, 0.717) is 17.6 Å². The highest BCUT2D eigenvalue weighted by Crippen LogP contribution is 2.44. The lowest BCUT2D eigenvalue weighted by Gasteiger charge is -2.12. The fourth-order valence-corrected chi connectivity index (χ4v) is 8.03. The number of fused-ring (bicyclic) bond motifs is 9. The van der Waals surface area contributed by atoms with Gasteiger partial charge >= 0.3 is 0 Å². The van der Waals surface area contributed by atoms with Crippen LogP contribution in [0.5, 0.6) is 0 Å². The van der Waals surface area contributed by atoms with Gasteiger partial charge in [-0.15, -0.1) is 0 Å². The monoisotopic (exact) mass is 637 g/mol. The Balaban J connectivity index is 1.38. The van der Waals surface area contributed by atoms with Crippen LogP contribution in [0.4, 0.5) is 0 Å². The number of para-hydroxylation sites is 2. The summed E-state index contributed by atoms with van der Waals surface area (Å²) >= 11 is 0. The highest BCUT2D eigenvalue weighted by atomic mass is 15.2. The van der Waals surface area contributed by atoms with Gasteiger partial charge in [0.15, 0.2) is 11.6 Å². The van der Waals surface area contributed by atoms with Crippen molar-refractivity contribution in [3.8, 4) is 28.7 Å². The van der Waals surface area contributed by atoms with E-state index in [1.54, 1.807) is 0 Å². The number of hydrogen-bond acceptors (Lipinski definition) is 3. The zero-order valence-electron chi connectivity index (χ0n) is 26.8. The topological polar surface area (TPSA) is 48.0 Å². The molecule has 0 aliphatic rings. The van der Waals surface area contributed by atoms with Crippen molar-refractivity contribution < 1.29 is 0 Å². The molecule has 0 fully saturated rings. The zero-order chi connectivity index (χ0) is 32.8. The van der Waals surface area contributed by atoms with Crippen LogP contribution in [0.25, 0.3) is 99.4 Å². The van der Waals surface area contributed by atoms with E-state index in [2.05, 4.69) is 155 Å². The highest BCUT2D eigenvalue weighted by molar-refractivity contribution is 6.29. The highest BCUT2D eigenvalue weighted by Gasteiger charge is 2.25. The van der Waals surface area contributed by atoms with Crippen molar-refractivity contribution in [2.75, 3.05) is 0 Å². The summed E-state index contributed by atoms with van der Waals surface area (Å²) in [6.45, 7) is 0. The van der Waals surface area contributed by atoms with E-state index in [9.17, 15) is 0 Å². The molecular formula is C45H27N5. The van der Waals surface area contributed by atoms with Gasteiger partial charge < -0.3 is 4.40 Å². The van der Waals surface area contributed by atoms with E-state index in [1.807, 2.05) is 18.2 Å². The SMILES string of the molecule is c1ccc(-c2nc(-c3cccc4ccccc34)nc(-n3c4cccc5c6ccccc6c6ccccc6n6c7ccccc7c3c6c54)n2)cc1. The van der Waals surface area contributed by atoms with Crippen LogP contribution >= 0.6 is 0 Å². The van der Waals surface area contributed by atoms with Crippen LogP contribution in [0, 0.1) is 0 Å². The summed E-state index contributed by atoms with van der Waals surface area (Å²) in [4.78, 5) is 15.8. The Morgan fingerprint density at radius 3 is 1.74 bits per heavy atom. The third-order valence-electron chi connectivity index (χ3n) is 10.1. The second kappa shape index (κ2) is 10.3. The van der Waals surface area contributed by atoms with Crippen LogP contribution in [0.1, 0.15) is 0 Å². The van der Waals surface area contributed by atoms with Gasteiger partial charge in [0.05, 0.1) is 27.6 Å². The minimum Gasteiger partial charge on any atom is -0.306 e. The second-order valence-electron chi connectivity index (χ2n) is 12.8. The quantitative estimate of drug-likeness (QED) is 0.194. The van der Waals surface area contributed by atoms with Crippen molar-refractivity contribution in [1.82, 2.24) is 23.9 Å². The van der Waals surface area contributed by atoms with Crippen LogP contribution in [0.2, 0.25) is 0 Å². The molecule has 4 heterocycles. The third-order valence-corrected chi connectivity index (χ3v) is 10.1. The number of nitrogens with zero attached hydrogens (tertiary/aromatic N) is 5. The van der Waals surface area contributed by atoms with Crippen LogP contribution in [-0.2, 0) is 0 Å². The predicted octanol–water partition coefficient (Wildman–Crippen LogP) is 11.2. The van der Waals surface area contributed by atoms with Gasteiger partial charge in [0.25, 0.3) is 0 Å².